The smallest absolute Gasteiger partial charge is 0.243 e. The molecule has 1 N–H and O–H groups in total. The number of rotatable bonds is 5. The van der Waals surface area contributed by atoms with Gasteiger partial charge in [-0.2, -0.15) is 5.10 Å². The van der Waals surface area contributed by atoms with Gasteiger partial charge in [0.05, 0.1) is 5.71 Å². The van der Waals surface area contributed by atoms with E-state index in [1.54, 1.807) is 12.1 Å². The number of nitrogens with one attached hydrogen (secondary N) is 1. The lowest BCUT2D eigenvalue weighted by molar-refractivity contribution is -0.136. The molecule has 3 rings (SSSR count). The molecule has 1 aliphatic rings. The van der Waals surface area contributed by atoms with Crippen LogP contribution in [-0.4, -0.2) is 29.1 Å². The van der Waals surface area contributed by atoms with E-state index in [1.807, 2.05) is 43.3 Å². The molecule has 0 fully saturated rings. The van der Waals surface area contributed by atoms with Crippen LogP contribution in [0.15, 0.2) is 53.6 Å². The Labute approximate surface area is 157 Å². The normalized spacial score (nSPS) is 14.2. The average Bonchev–Trinajstić information content (AvgIpc) is 2.64. The first-order valence-electron chi connectivity index (χ1n) is 8.47. The third kappa shape index (κ3) is 4.70. The molecule has 1 heterocycles. The van der Waals surface area contributed by atoms with Crippen LogP contribution in [0.4, 0.5) is 0 Å². The number of carbonyl (C=O) groups is 2. The number of carbonyl (C=O) groups excluding carboxylic acids is 2. The Bertz CT molecular complexity index is 829. The van der Waals surface area contributed by atoms with E-state index in [9.17, 15) is 9.59 Å². The minimum atomic E-state index is -0.236. The largest absolute Gasteiger partial charge is 0.350 e. The minimum Gasteiger partial charge on any atom is -0.350 e. The number of amides is 2. The van der Waals surface area contributed by atoms with E-state index in [0.29, 0.717) is 24.4 Å². The van der Waals surface area contributed by atoms with E-state index in [1.165, 1.54) is 10.6 Å². The van der Waals surface area contributed by atoms with E-state index in [2.05, 4.69) is 10.4 Å². The van der Waals surface area contributed by atoms with Crippen LogP contribution in [0, 0.1) is 6.92 Å². The Morgan fingerprint density at radius 2 is 1.81 bits per heavy atom. The number of halogens is 1. The van der Waals surface area contributed by atoms with Crippen LogP contribution < -0.4 is 5.32 Å². The summed E-state index contributed by atoms with van der Waals surface area (Å²) in [6, 6.07) is 15.2. The van der Waals surface area contributed by atoms with E-state index < -0.39 is 0 Å². The summed E-state index contributed by atoms with van der Waals surface area (Å²) in [6.07, 6.45) is 0.897. The van der Waals surface area contributed by atoms with Gasteiger partial charge in [0, 0.05) is 24.4 Å². The van der Waals surface area contributed by atoms with Crippen LogP contribution in [0.25, 0.3) is 0 Å². The van der Waals surface area contributed by atoms with E-state index in [0.717, 1.165) is 16.8 Å². The molecule has 26 heavy (non-hydrogen) atoms. The monoisotopic (exact) mass is 369 g/mol. The first-order chi connectivity index (χ1) is 12.5. The van der Waals surface area contributed by atoms with Crippen molar-refractivity contribution < 1.29 is 9.59 Å². The first kappa shape index (κ1) is 18.1. The molecule has 0 spiro atoms. The fourth-order valence-electron chi connectivity index (χ4n) is 2.67. The van der Waals surface area contributed by atoms with Gasteiger partial charge in [0.1, 0.15) is 6.54 Å². The zero-order valence-corrected chi connectivity index (χ0v) is 15.3. The van der Waals surface area contributed by atoms with E-state index in [4.69, 9.17) is 11.6 Å². The highest BCUT2D eigenvalue weighted by atomic mass is 35.5. The van der Waals surface area contributed by atoms with Crippen molar-refractivity contribution in [1.82, 2.24) is 10.3 Å². The van der Waals surface area contributed by atoms with Gasteiger partial charge in [-0.1, -0.05) is 53.6 Å². The molecule has 6 heteroatoms. The number of aryl methyl sites for hydroxylation is 1. The predicted octanol–water partition coefficient (Wildman–Crippen LogP) is 3.29. The summed E-state index contributed by atoms with van der Waals surface area (Å²) >= 11 is 5.91. The van der Waals surface area contributed by atoms with Gasteiger partial charge in [0.25, 0.3) is 0 Å². The average molecular weight is 370 g/mol. The van der Waals surface area contributed by atoms with Crippen molar-refractivity contribution in [3.63, 3.8) is 0 Å². The van der Waals surface area contributed by atoms with Gasteiger partial charge in [0.15, 0.2) is 0 Å². The maximum atomic E-state index is 12.2. The van der Waals surface area contributed by atoms with Gasteiger partial charge in [-0.3, -0.25) is 9.59 Å². The van der Waals surface area contributed by atoms with Crippen molar-refractivity contribution in [2.24, 2.45) is 5.10 Å². The molecule has 2 aromatic rings. The van der Waals surface area contributed by atoms with Gasteiger partial charge in [-0.25, -0.2) is 5.01 Å². The van der Waals surface area contributed by atoms with Crippen molar-refractivity contribution in [3.05, 3.63) is 70.2 Å². The maximum absolute atomic E-state index is 12.2. The second-order valence-corrected chi connectivity index (χ2v) is 6.70. The van der Waals surface area contributed by atoms with Crippen LogP contribution in [0.5, 0.6) is 0 Å². The van der Waals surface area contributed by atoms with Gasteiger partial charge < -0.3 is 5.32 Å². The molecule has 0 atom stereocenters. The SMILES string of the molecule is Cc1ccc(CNC(=O)CN2N=C(c3ccc(Cl)cc3)CCC2=O)cc1. The third-order valence-electron chi connectivity index (χ3n) is 4.19. The molecule has 0 saturated carbocycles. The fraction of sp³-hybridized carbons (Fsp3) is 0.250. The molecular formula is C20H20ClN3O2. The first-order valence-corrected chi connectivity index (χ1v) is 8.85. The predicted molar refractivity (Wildman–Crippen MR) is 102 cm³/mol. The maximum Gasteiger partial charge on any atom is 0.243 e. The van der Waals surface area contributed by atoms with Gasteiger partial charge in [0.2, 0.25) is 11.8 Å². The summed E-state index contributed by atoms with van der Waals surface area (Å²) in [5, 5.41) is 9.09. The van der Waals surface area contributed by atoms with Crippen molar-refractivity contribution in [2.75, 3.05) is 6.54 Å². The molecule has 1 aliphatic heterocycles. The highest BCUT2D eigenvalue weighted by molar-refractivity contribution is 6.30. The van der Waals surface area contributed by atoms with Gasteiger partial charge in [-0.15, -0.1) is 0 Å². The number of hydrogen-bond donors (Lipinski definition) is 1. The fourth-order valence-corrected chi connectivity index (χ4v) is 2.80. The lowest BCUT2D eigenvalue weighted by Crippen LogP contribution is -2.40. The number of hydrogen-bond acceptors (Lipinski definition) is 3. The third-order valence-corrected chi connectivity index (χ3v) is 4.44. The molecule has 2 amide bonds. The lowest BCUT2D eigenvalue weighted by Gasteiger charge is -2.23. The summed E-state index contributed by atoms with van der Waals surface area (Å²) < 4.78 is 0. The van der Waals surface area contributed by atoms with E-state index >= 15 is 0 Å². The number of nitrogens with zero attached hydrogens (tertiary/aromatic N) is 2. The molecule has 0 saturated heterocycles. The highest BCUT2D eigenvalue weighted by Gasteiger charge is 2.23. The van der Waals surface area contributed by atoms with Crippen LogP contribution in [-0.2, 0) is 16.1 Å². The van der Waals surface area contributed by atoms with Gasteiger partial charge >= 0.3 is 0 Å². The lowest BCUT2D eigenvalue weighted by atomic mass is 10.0. The number of benzene rings is 2. The molecule has 134 valence electrons. The van der Waals surface area contributed by atoms with Gasteiger partial charge in [-0.05, 0) is 30.2 Å². The molecule has 0 aromatic heterocycles. The summed E-state index contributed by atoms with van der Waals surface area (Å²) in [5.74, 6) is -0.381. The molecule has 0 unspecified atom stereocenters. The summed E-state index contributed by atoms with van der Waals surface area (Å²) in [6.45, 7) is 2.36. The van der Waals surface area contributed by atoms with Crippen LogP contribution in [0.3, 0.4) is 0 Å². The van der Waals surface area contributed by atoms with Crippen molar-refractivity contribution in [3.8, 4) is 0 Å². The van der Waals surface area contributed by atoms with Crippen LogP contribution >= 0.6 is 11.6 Å². The molecule has 0 radical (unpaired) electrons. The van der Waals surface area contributed by atoms with Crippen LogP contribution in [0.1, 0.15) is 29.5 Å². The molecular weight excluding hydrogens is 350 g/mol. The second-order valence-electron chi connectivity index (χ2n) is 6.27. The molecule has 0 bridgehead atoms. The molecule has 2 aromatic carbocycles. The Morgan fingerprint density at radius 3 is 2.50 bits per heavy atom. The highest BCUT2D eigenvalue weighted by Crippen LogP contribution is 2.17. The zero-order chi connectivity index (χ0) is 18.5. The number of hydrazone groups is 1. The Kier molecular flexibility index (Phi) is 5.68. The second kappa shape index (κ2) is 8.15. The van der Waals surface area contributed by atoms with Crippen molar-refractivity contribution in [2.45, 2.75) is 26.3 Å². The summed E-state index contributed by atoms with van der Waals surface area (Å²) in [7, 11) is 0. The van der Waals surface area contributed by atoms with Crippen molar-refractivity contribution >= 4 is 29.1 Å². The standard InChI is InChI=1S/C20H20ClN3O2/c1-14-2-4-15(5-3-14)12-22-19(25)13-24-20(26)11-10-18(23-24)16-6-8-17(21)9-7-16/h2-9H,10-13H2,1H3,(H,22,25). The molecule has 5 nitrogen and oxygen atoms in total. The Hall–Kier alpha value is -2.66. The van der Waals surface area contributed by atoms with Crippen molar-refractivity contribution in [1.29, 1.82) is 0 Å². The Morgan fingerprint density at radius 1 is 1.12 bits per heavy atom. The quantitative estimate of drug-likeness (QED) is 0.879. The zero-order valence-electron chi connectivity index (χ0n) is 14.5. The van der Waals surface area contributed by atoms with Crippen LogP contribution in [0.2, 0.25) is 5.02 Å². The summed E-state index contributed by atoms with van der Waals surface area (Å²) in [5.41, 5.74) is 3.88. The Balaban J connectivity index is 1.62. The topological polar surface area (TPSA) is 61.8 Å². The van der Waals surface area contributed by atoms with E-state index in [-0.39, 0.29) is 18.4 Å². The minimum absolute atomic E-state index is 0.0816. The summed E-state index contributed by atoms with van der Waals surface area (Å²) in [4.78, 5) is 24.3. The molecule has 0 aliphatic carbocycles.